The fourth-order valence-corrected chi connectivity index (χ4v) is 2.46. The van der Waals surface area contributed by atoms with Crippen molar-refractivity contribution in [3.8, 4) is 0 Å². The molecule has 0 aliphatic carbocycles. The molecule has 2 unspecified atom stereocenters. The van der Waals surface area contributed by atoms with Gasteiger partial charge in [-0.15, -0.1) is 11.3 Å². The number of nitrogens with one attached hydrogen (secondary N) is 1. The van der Waals surface area contributed by atoms with E-state index in [0.717, 1.165) is 6.54 Å². The molecule has 0 aliphatic rings. The summed E-state index contributed by atoms with van der Waals surface area (Å²) in [5.74, 6) is 0.666. The van der Waals surface area contributed by atoms with E-state index in [-0.39, 0.29) is 12.6 Å². The van der Waals surface area contributed by atoms with Gasteiger partial charge in [-0.1, -0.05) is 20.3 Å². The van der Waals surface area contributed by atoms with Crippen LogP contribution in [0.5, 0.6) is 0 Å². The second-order valence-corrected chi connectivity index (χ2v) is 5.07. The lowest BCUT2D eigenvalue weighted by Crippen LogP contribution is -2.28. The monoisotopic (exact) mass is 227 g/mol. The molecule has 1 aromatic heterocycles. The fraction of sp³-hybridized carbons (Fsp3) is 0.667. The molecule has 2 atom stereocenters. The van der Waals surface area contributed by atoms with Crippen molar-refractivity contribution in [1.29, 1.82) is 0 Å². The first-order chi connectivity index (χ1) is 7.19. The van der Waals surface area contributed by atoms with Crippen LogP contribution in [0.4, 0.5) is 0 Å². The standard InChI is InChI=1S/C12H21NOS/c1-4-9(2)7-13-11(8-14)12-10(3)5-6-15-12/h5-6,9,11,13-14H,4,7-8H2,1-3H3. The summed E-state index contributed by atoms with van der Waals surface area (Å²) in [6, 6.07) is 2.21. The Hall–Kier alpha value is -0.380. The van der Waals surface area contributed by atoms with Gasteiger partial charge in [0, 0.05) is 4.88 Å². The summed E-state index contributed by atoms with van der Waals surface area (Å²) in [6.45, 7) is 7.66. The molecule has 2 N–H and O–H groups in total. The molecule has 3 heteroatoms. The van der Waals surface area contributed by atoms with Crippen molar-refractivity contribution in [2.75, 3.05) is 13.2 Å². The highest BCUT2D eigenvalue weighted by atomic mass is 32.1. The summed E-state index contributed by atoms with van der Waals surface area (Å²) in [5.41, 5.74) is 1.27. The van der Waals surface area contributed by atoms with Crippen LogP contribution >= 0.6 is 11.3 Å². The van der Waals surface area contributed by atoms with Crippen molar-refractivity contribution in [3.05, 3.63) is 21.9 Å². The van der Waals surface area contributed by atoms with Crippen molar-refractivity contribution in [3.63, 3.8) is 0 Å². The Morgan fingerprint density at radius 2 is 2.27 bits per heavy atom. The minimum Gasteiger partial charge on any atom is -0.394 e. The first-order valence-electron chi connectivity index (χ1n) is 5.57. The highest BCUT2D eigenvalue weighted by molar-refractivity contribution is 7.10. The van der Waals surface area contributed by atoms with Crippen LogP contribution in [0, 0.1) is 12.8 Å². The van der Waals surface area contributed by atoms with Gasteiger partial charge in [0.25, 0.3) is 0 Å². The summed E-state index contributed by atoms with van der Waals surface area (Å²) in [6.07, 6.45) is 1.18. The van der Waals surface area contributed by atoms with Gasteiger partial charge in [-0.25, -0.2) is 0 Å². The van der Waals surface area contributed by atoms with Gasteiger partial charge in [0.05, 0.1) is 12.6 Å². The van der Waals surface area contributed by atoms with Crippen LogP contribution in [0.2, 0.25) is 0 Å². The predicted octanol–water partition coefficient (Wildman–Crippen LogP) is 2.73. The van der Waals surface area contributed by atoms with Gasteiger partial charge in [0.2, 0.25) is 0 Å². The van der Waals surface area contributed by atoms with E-state index in [0.29, 0.717) is 5.92 Å². The molecule has 2 nitrogen and oxygen atoms in total. The Morgan fingerprint density at radius 3 is 2.73 bits per heavy atom. The smallest absolute Gasteiger partial charge is 0.0652 e. The van der Waals surface area contributed by atoms with Crippen LogP contribution in [0.15, 0.2) is 11.4 Å². The zero-order chi connectivity index (χ0) is 11.3. The van der Waals surface area contributed by atoms with E-state index in [1.807, 2.05) is 0 Å². The Bertz CT molecular complexity index is 285. The van der Waals surface area contributed by atoms with E-state index in [4.69, 9.17) is 0 Å². The Kier molecular flexibility index (Phi) is 5.29. The lowest BCUT2D eigenvalue weighted by molar-refractivity contribution is 0.241. The zero-order valence-corrected chi connectivity index (χ0v) is 10.6. The molecule has 0 saturated heterocycles. The van der Waals surface area contributed by atoms with Crippen LogP contribution in [0.3, 0.4) is 0 Å². The van der Waals surface area contributed by atoms with Crippen LogP contribution in [-0.4, -0.2) is 18.3 Å². The summed E-state index contributed by atoms with van der Waals surface area (Å²) in [7, 11) is 0. The van der Waals surface area contributed by atoms with Gasteiger partial charge in [-0.2, -0.15) is 0 Å². The summed E-state index contributed by atoms with van der Waals surface area (Å²) in [4.78, 5) is 1.26. The highest BCUT2D eigenvalue weighted by Gasteiger charge is 2.14. The molecule has 0 amide bonds. The second-order valence-electron chi connectivity index (χ2n) is 4.12. The number of aliphatic hydroxyl groups excluding tert-OH is 1. The van der Waals surface area contributed by atoms with Crippen molar-refractivity contribution in [1.82, 2.24) is 5.32 Å². The lowest BCUT2D eigenvalue weighted by Gasteiger charge is -2.18. The van der Waals surface area contributed by atoms with Gasteiger partial charge < -0.3 is 10.4 Å². The van der Waals surface area contributed by atoms with E-state index in [9.17, 15) is 5.11 Å². The van der Waals surface area contributed by atoms with Crippen molar-refractivity contribution in [2.45, 2.75) is 33.2 Å². The first kappa shape index (κ1) is 12.7. The molecule has 0 spiro atoms. The largest absolute Gasteiger partial charge is 0.394 e. The average molecular weight is 227 g/mol. The normalized spacial score (nSPS) is 15.2. The number of thiophene rings is 1. The Morgan fingerprint density at radius 1 is 1.53 bits per heavy atom. The summed E-state index contributed by atoms with van der Waals surface area (Å²) >= 11 is 1.72. The third-order valence-electron chi connectivity index (χ3n) is 2.81. The van der Waals surface area contributed by atoms with Crippen LogP contribution < -0.4 is 5.32 Å². The molecule has 86 valence electrons. The van der Waals surface area contributed by atoms with Gasteiger partial charge in [0.1, 0.15) is 0 Å². The van der Waals surface area contributed by atoms with E-state index in [1.165, 1.54) is 16.9 Å². The first-order valence-corrected chi connectivity index (χ1v) is 6.45. The SMILES string of the molecule is CCC(C)CNC(CO)c1sccc1C. The van der Waals surface area contributed by atoms with Crippen LogP contribution in [0.1, 0.15) is 36.8 Å². The van der Waals surface area contributed by atoms with E-state index in [2.05, 4.69) is 37.5 Å². The molecule has 0 aliphatic heterocycles. The molecule has 0 fully saturated rings. The Balaban J connectivity index is 2.53. The van der Waals surface area contributed by atoms with Gasteiger partial charge in [0.15, 0.2) is 0 Å². The number of aryl methyl sites for hydroxylation is 1. The molecule has 1 heterocycles. The number of hydrogen-bond donors (Lipinski definition) is 2. The lowest BCUT2D eigenvalue weighted by atomic mass is 10.1. The number of rotatable bonds is 6. The van der Waals surface area contributed by atoms with E-state index < -0.39 is 0 Å². The van der Waals surface area contributed by atoms with Crippen molar-refractivity contribution in [2.24, 2.45) is 5.92 Å². The number of hydrogen-bond acceptors (Lipinski definition) is 3. The molecular formula is C12H21NOS. The van der Waals surface area contributed by atoms with E-state index >= 15 is 0 Å². The molecule has 0 radical (unpaired) electrons. The minimum atomic E-state index is 0.110. The average Bonchev–Trinajstić information content (AvgIpc) is 2.65. The summed E-state index contributed by atoms with van der Waals surface area (Å²) < 4.78 is 0. The molecular weight excluding hydrogens is 206 g/mol. The molecule has 1 aromatic rings. The molecule has 0 saturated carbocycles. The van der Waals surface area contributed by atoms with E-state index in [1.54, 1.807) is 11.3 Å². The van der Waals surface area contributed by atoms with Crippen LogP contribution in [-0.2, 0) is 0 Å². The van der Waals surface area contributed by atoms with Crippen molar-refractivity contribution >= 4 is 11.3 Å². The second kappa shape index (κ2) is 6.26. The Labute approximate surface area is 96.3 Å². The third kappa shape index (κ3) is 3.59. The number of aliphatic hydroxyl groups is 1. The maximum Gasteiger partial charge on any atom is 0.0652 e. The van der Waals surface area contributed by atoms with Gasteiger partial charge in [-0.3, -0.25) is 0 Å². The maximum atomic E-state index is 9.35. The fourth-order valence-electron chi connectivity index (χ4n) is 1.47. The quantitative estimate of drug-likeness (QED) is 0.783. The minimum absolute atomic E-state index is 0.110. The topological polar surface area (TPSA) is 32.3 Å². The zero-order valence-electron chi connectivity index (χ0n) is 9.79. The van der Waals surface area contributed by atoms with Crippen LogP contribution in [0.25, 0.3) is 0 Å². The van der Waals surface area contributed by atoms with Gasteiger partial charge >= 0.3 is 0 Å². The summed E-state index contributed by atoms with van der Waals surface area (Å²) in [5, 5.41) is 14.9. The van der Waals surface area contributed by atoms with Gasteiger partial charge in [-0.05, 0) is 36.4 Å². The molecule has 1 rings (SSSR count). The highest BCUT2D eigenvalue weighted by Crippen LogP contribution is 2.23. The molecule has 0 bridgehead atoms. The maximum absolute atomic E-state index is 9.35. The van der Waals surface area contributed by atoms with Crippen molar-refractivity contribution < 1.29 is 5.11 Å². The molecule has 15 heavy (non-hydrogen) atoms. The third-order valence-corrected chi connectivity index (χ3v) is 3.94. The molecule has 0 aromatic carbocycles. The predicted molar refractivity (Wildman–Crippen MR) is 66.3 cm³/mol.